The monoisotopic (exact) mass is 570 g/mol. The Balaban J connectivity index is 1.32. The largest absolute Gasteiger partial charge is 0.506 e. The summed E-state index contributed by atoms with van der Waals surface area (Å²) in [6.45, 7) is 1.69. The Labute approximate surface area is 233 Å². The van der Waals surface area contributed by atoms with Crippen LogP contribution in [0.25, 0.3) is 10.4 Å². The zero-order valence-electron chi connectivity index (χ0n) is 20.0. The van der Waals surface area contributed by atoms with Gasteiger partial charge in [0.15, 0.2) is 11.6 Å². The number of aryl methyl sites for hydroxylation is 1. The van der Waals surface area contributed by atoms with Crippen LogP contribution in [0.15, 0.2) is 65.2 Å². The van der Waals surface area contributed by atoms with E-state index in [0.29, 0.717) is 42.4 Å². The van der Waals surface area contributed by atoms with Gasteiger partial charge in [0.25, 0.3) is 0 Å². The van der Waals surface area contributed by atoms with E-state index in [-0.39, 0.29) is 23.9 Å². The lowest BCUT2D eigenvalue weighted by atomic mass is 10.1. The van der Waals surface area contributed by atoms with E-state index in [9.17, 15) is 14.7 Å². The Bertz CT molecular complexity index is 1440. The molecule has 0 saturated carbocycles. The van der Waals surface area contributed by atoms with E-state index in [0.717, 1.165) is 24.8 Å². The minimum Gasteiger partial charge on any atom is -0.506 e. The van der Waals surface area contributed by atoms with Gasteiger partial charge < -0.3 is 5.11 Å². The maximum atomic E-state index is 12.7. The van der Waals surface area contributed by atoms with Crippen molar-refractivity contribution < 1.29 is 14.7 Å². The van der Waals surface area contributed by atoms with Gasteiger partial charge in [0.05, 0.1) is 24.7 Å². The number of hydrogen-bond donors (Lipinski definition) is 1. The highest BCUT2D eigenvalue weighted by Crippen LogP contribution is 2.40. The van der Waals surface area contributed by atoms with Crippen molar-refractivity contribution in [1.29, 1.82) is 0 Å². The number of unbranched alkanes of at least 4 members (excludes halogenated alkanes) is 1. The fourth-order valence-corrected chi connectivity index (χ4v) is 5.93. The summed E-state index contributed by atoms with van der Waals surface area (Å²) >= 11 is 14.7. The van der Waals surface area contributed by atoms with Gasteiger partial charge >= 0.3 is 0 Å². The van der Waals surface area contributed by atoms with Crippen LogP contribution in [0, 0.1) is 0 Å². The molecule has 0 spiro atoms. The summed E-state index contributed by atoms with van der Waals surface area (Å²) < 4.78 is 0. The first kappa shape index (κ1) is 27.2. The summed E-state index contributed by atoms with van der Waals surface area (Å²) in [4.78, 5) is 35.4. The summed E-state index contributed by atoms with van der Waals surface area (Å²) in [5, 5.41) is 13.4. The predicted octanol–water partition coefficient (Wildman–Crippen LogP) is 8.17. The third-order valence-electron chi connectivity index (χ3n) is 5.82. The van der Waals surface area contributed by atoms with Crippen LogP contribution in [0.1, 0.15) is 56.7 Å². The van der Waals surface area contributed by atoms with Crippen molar-refractivity contribution in [3.63, 3.8) is 0 Å². The van der Waals surface area contributed by atoms with Gasteiger partial charge in [0.2, 0.25) is 0 Å². The Hall–Kier alpha value is -2.84. The Morgan fingerprint density at radius 3 is 2.43 bits per heavy atom. The number of ketones is 2. The van der Waals surface area contributed by atoms with Gasteiger partial charge in [0.1, 0.15) is 12.3 Å². The molecule has 1 aromatic carbocycles. The average Bonchev–Trinajstić information content (AvgIpc) is 3.55. The molecule has 0 aliphatic rings. The van der Waals surface area contributed by atoms with Crippen LogP contribution < -0.4 is 0 Å². The molecule has 5 nitrogen and oxygen atoms in total. The second-order valence-electron chi connectivity index (χ2n) is 8.43. The van der Waals surface area contributed by atoms with Crippen LogP contribution in [0.4, 0.5) is 0 Å². The van der Waals surface area contributed by atoms with Gasteiger partial charge in [-0.05, 0) is 73.7 Å². The van der Waals surface area contributed by atoms with Crippen molar-refractivity contribution in [3.05, 3.63) is 91.2 Å². The van der Waals surface area contributed by atoms with Crippen molar-refractivity contribution in [3.8, 4) is 16.2 Å². The number of carbonyl (C=O) groups excluding carboxylic acids is 2. The molecule has 0 atom stereocenters. The summed E-state index contributed by atoms with van der Waals surface area (Å²) in [5.41, 5.74) is 3.08. The second-order valence-corrected chi connectivity index (χ2v) is 11.2. The number of aromatic nitrogens is 1. The molecule has 0 saturated heterocycles. The number of nitrogens with zero attached hydrogens (tertiary/aromatic N) is 2. The SMILES string of the molecule is CC(=NCC(=O)c1ccc(C(=O)CCCCc2ccncc2)s1)c1csc(-c2ccc(Cl)c(Cl)c2)c1O. The van der Waals surface area contributed by atoms with E-state index < -0.39 is 0 Å². The van der Waals surface area contributed by atoms with Gasteiger partial charge in [-0.15, -0.1) is 22.7 Å². The summed E-state index contributed by atoms with van der Waals surface area (Å²) in [7, 11) is 0. The van der Waals surface area contributed by atoms with Crippen molar-refractivity contribution >= 4 is 63.2 Å². The third-order valence-corrected chi connectivity index (χ3v) is 8.75. The lowest BCUT2D eigenvalue weighted by Gasteiger charge is -2.03. The molecular formula is C28H24Cl2N2O3S2. The van der Waals surface area contributed by atoms with Crippen LogP contribution in [0.5, 0.6) is 5.75 Å². The molecule has 0 amide bonds. The molecule has 0 aliphatic carbocycles. The minimum atomic E-state index is -0.166. The summed E-state index contributed by atoms with van der Waals surface area (Å²) in [6.07, 6.45) is 6.62. The molecule has 0 aliphatic heterocycles. The molecule has 37 heavy (non-hydrogen) atoms. The normalized spacial score (nSPS) is 11.6. The lowest BCUT2D eigenvalue weighted by Crippen LogP contribution is -2.04. The van der Waals surface area contributed by atoms with Gasteiger partial charge in [-0.2, -0.15) is 0 Å². The van der Waals surface area contributed by atoms with Gasteiger partial charge in [0, 0.05) is 35.5 Å². The van der Waals surface area contributed by atoms with Crippen LogP contribution >= 0.6 is 45.9 Å². The van der Waals surface area contributed by atoms with Crippen molar-refractivity contribution in [1.82, 2.24) is 4.98 Å². The van der Waals surface area contributed by atoms with E-state index in [1.165, 1.54) is 28.2 Å². The minimum absolute atomic E-state index is 0.0523. The average molecular weight is 572 g/mol. The quantitative estimate of drug-likeness (QED) is 0.112. The molecule has 0 bridgehead atoms. The van der Waals surface area contributed by atoms with Crippen LogP contribution in [0.3, 0.4) is 0 Å². The number of pyridine rings is 1. The van der Waals surface area contributed by atoms with Crippen LogP contribution in [-0.4, -0.2) is 33.9 Å². The number of rotatable bonds is 11. The Kier molecular flexibility index (Phi) is 9.27. The zero-order chi connectivity index (χ0) is 26.4. The van der Waals surface area contributed by atoms with Crippen LogP contribution in [-0.2, 0) is 6.42 Å². The highest BCUT2D eigenvalue weighted by molar-refractivity contribution is 7.16. The number of halogens is 2. The van der Waals surface area contributed by atoms with E-state index in [4.69, 9.17) is 23.2 Å². The number of hydrogen-bond acceptors (Lipinski definition) is 7. The van der Waals surface area contributed by atoms with E-state index in [2.05, 4.69) is 9.98 Å². The molecule has 0 unspecified atom stereocenters. The molecule has 4 rings (SSSR count). The maximum Gasteiger partial charge on any atom is 0.194 e. The first-order chi connectivity index (χ1) is 17.8. The molecule has 0 radical (unpaired) electrons. The van der Waals surface area contributed by atoms with Crippen molar-refractivity contribution in [2.45, 2.75) is 32.6 Å². The van der Waals surface area contributed by atoms with E-state index in [1.54, 1.807) is 55.0 Å². The molecule has 9 heteroatoms. The van der Waals surface area contributed by atoms with Gasteiger partial charge in [-0.25, -0.2) is 0 Å². The first-order valence-electron chi connectivity index (χ1n) is 11.7. The number of Topliss-reactive ketones (excluding diaryl/α,β-unsaturated/α-hetero) is 2. The highest BCUT2D eigenvalue weighted by Gasteiger charge is 2.17. The number of aromatic hydroxyl groups is 1. The third kappa shape index (κ3) is 6.93. The maximum absolute atomic E-state index is 12.7. The van der Waals surface area contributed by atoms with Gasteiger partial charge in [-0.1, -0.05) is 29.3 Å². The Morgan fingerprint density at radius 2 is 1.70 bits per heavy atom. The molecule has 1 N–H and O–H groups in total. The lowest BCUT2D eigenvalue weighted by molar-refractivity contribution is 0.0981. The standard InChI is InChI=1S/C28H24Cl2N2O3S2/c1-17(20-16-36-28(27(20)35)19-6-7-21(29)22(30)14-19)32-15-24(34)26-9-8-25(37-26)23(33)5-3-2-4-18-10-12-31-13-11-18/h6-14,16,35H,2-5,15H2,1H3. The number of carbonyl (C=O) groups is 2. The number of benzene rings is 1. The first-order valence-corrected chi connectivity index (χ1v) is 14.1. The fraction of sp³-hybridized carbons (Fsp3) is 0.214. The van der Waals surface area contributed by atoms with Gasteiger partial charge in [-0.3, -0.25) is 19.6 Å². The topological polar surface area (TPSA) is 79.6 Å². The van der Waals surface area contributed by atoms with E-state index in [1.807, 2.05) is 12.1 Å². The number of aliphatic imine (C=N–C) groups is 1. The zero-order valence-corrected chi connectivity index (χ0v) is 23.2. The Morgan fingerprint density at radius 1 is 0.973 bits per heavy atom. The molecule has 0 fully saturated rings. The molecule has 190 valence electrons. The highest BCUT2D eigenvalue weighted by atomic mass is 35.5. The van der Waals surface area contributed by atoms with E-state index >= 15 is 0 Å². The smallest absolute Gasteiger partial charge is 0.194 e. The summed E-state index contributed by atoms with van der Waals surface area (Å²) in [5.74, 6) is -0.0259. The molecule has 3 heterocycles. The molecule has 4 aromatic rings. The fourth-order valence-electron chi connectivity index (χ4n) is 3.73. The number of thiophene rings is 2. The predicted molar refractivity (Wildman–Crippen MR) is 153 cm³/mol. The van der Waals surface area contributed by atoms with Crippen molar-refractivity contribution in [2.75, 3.05) is 6.54 Å². The molecular weight excluding hydrogens is 547 g/mol. The van der Waals surface area contributed by atoms with Crippen LogP contribution in [0.2, 0.25) is 10.0 Å². The summed E-state index contributed by atoms with van der Waals surface area (Å²) in [6, 6.07) is 12.5. The molecule has 3 aromatic heterocycles. The van der Waals surface area contributed by atoms with Crippen molar-refractivity contribution in [2.24, 2.45) is 4.99 Å². The second kappa shape index (κ2) is 12.6.